The molecule has 0 aliphatic carbocycles. The fourth-order valence-corrected chi connectivity index (χ4v) is 3.70. The highest BCUT2D eigenvalue weighted by atomic mass is 16.2. The zero-order chi connectivity index (χ0) is 16.1. The molecule has 0 saturated carbocycles. The topological polar surface area (TPSA) is 26.8 Å². The van der Waals surface area contributed by atoms with E-state index in [1.807, 2.05) is 0 Å². The minimum atomic E-state index is 0.328. The molecular weight excluding hydrogens is 286 g/mol. The number of carbonyl (C=O) groups is 1. The monoisotopic (exact) mass is 315 g/mol. The number of rotatable bonds is 4. The van der Waals surface area contributed by atoms with Crippen LogP contribution in [0.2, 0.25) is 0 Å². The van der Waals surface area contributed by atoms with E-state index in [1.165, 1.54) is 18.4 Å². The average Bonchev–Trinajstić information content (AvgIpc) is 2.58. The predicted molar refractivity (Wildman–Crippen MR) is 93.2 cm³/mol. The van der Waals surface area contributed by atoms with E-state index >= 15 is 0 Å². The Morgan fingerprint density at radius 2 is 1.70 bits per heavy atom. The Labute approximate surface area is 140 Å². The summed E-state index contributed by atoms with van der Waals surface area (Å²) in [6, 6.07) is 11.1. The number of nitrogens with zero attached hydrogens (tertiary/aromatic N) is 3. The van der Waals surface area contributed by atoms with Crippen LogP contribution < -0.4 is 0 Å². The lowest BCUT2D eigenvalue weighted by Crippen LogP contribution is -2.51. The van der Waals surface area contributed by atoms with Crippen molar-refractivity contribution in [1.82, 2.24) is 14.7 Å². The SMILES string of the molecule is CC1CCCCN1C(=O)CN1CCN(Cc2ccccc2)CC1. The van der Waals surface area contributed by atoms with E-state index in [9.17, 15) is 4.79 Å². The van der Waals surface area contributed by atoms with Gasteiger partial charge in [0, 0.05) is 45.3 Å². The maximum absolute atomic E-state index is 12.5. The van der Waals surface area contributed by atoms with Crippen molar-refractivity contribution in [2.24, 2.45) is 0 Å². The van der Waals surface area contributed by atoms with Crippen LogP contribution in [0.15, 0.2) is 30.3 Å². The van der Waals surface area contributed by atoms with E-state index in [2.05, 4.69) is 52.0 Å². The summed E-state index contributed by atoms with van der Waals surface area (Å²) in [7, 11) is 0. The molecule has 2 heterocycles. The van der Waals surface area contributed by atoms with E-state index in [0.29, 0.717) is 18.5 Å². The van der Waals surface area contributed by atoms with Gasteiger partial charge in [-0.25, -0.2) is 0 Å². The van der Waals surface area contributed by atoms with Gasteiger partial charge < -0.3 is 4.90 Å². The molecule has 0 aromatic heterocycles. The Kier molecular flexibility index (Phi) is 5.68. The number of carbonyl (C=O) groups excluding carboxylic acids is 1. The van der Waals surface area contributed by atoms with E-state index in [-0.39, 0.29) is 0 Å². The number of benzene rings is 1. The normalized spacial score (nSPS) is 23.9. The van der Waals surface area contributed by atoms with Crippen molar-refractivity contribution in [3.05, 3.63) is 35.9 Å². The third kappa shape index (κ3) is 4.55. The third-order valence-corrected chi connectivity index (χ3v) is 5.20. The van der Waals surface area contributed by atoms with Crippen LogP contribution in [-0.4, -0.2) is 65.9 Å². The minimum Gasteiger partial charge on any atom is -0.339 e. The fraction of sp³-hybridized carbons (Fsp3) is 0.632. The zero-order valence-corrected chi connectivity index (χ0v) is 14.3. The first-order chi connectivity index (χ1) is 11.2. The highest BCUT2D eigenvalue weighted by Gasteiger charge is 2.26. The molecule has 1 atom stereocenters. The van der Waals surface area contributed by atoms with Gasteiger partial charge in [0.25, 0.3) is 0 Å². The number of piperidine rings is 1. The second kappa shape index (κ2) is 7.93. The minimum absolute atomic E-state index is 0.328. The Balaban J connectivity index is 1.43. The lowest BCUT2D eigenvalue weighted by Gasteiger charge is -2.38. The average molecular weight is 315 g/mol. The van der Waals surface area contributed by atoms with Crippen molar-refractivity contribution in [2.45, 2.75) is 38.8 Å². The van der Waals surface area contributed by atoms with Crippen LogP contribution in [0.1, 0.15) is 31.7 Å². The maximum atomic E-state index is 12.5. The van der Waals surface area contributed by atoms with Crippen molar-refractivity contribution in [1.29, 1.82) is 0 Å². The van der Waals surface area contributed by atoms with Gasteiger partial charge in [-0.3, -0.25) is 14.6 Å². The number of hydrogen-bond donors (Lipinski definition) is 0. The van der Waals surface area contributed by atoms with Gasteiger partial charge in [0.1, 0.15) is 0 Å². The summed E-state index contributed by atoms with van der Waals surface area (Å²) in [4.78, 5) is 19.4. The van der Waals surface area contributed by atoms with Gasteiger partial charge in [-0.15, -0.1) is 0 Å². The number of amides is 1. The van der Waals surface area contributed by atoms with Crippen molar-refractivity contribution in [3.8, 4) is 0 Å². The lowest BCUT2D eigenvalue weighted by molar-refractivity contribution is -0.136. The second-order valence-electron chi connectivity index (χ2n) is 6.97. The van der Waals surface area contributed by atoms with Gasteiger partial charge in [0.2, 0.25) is 5.91 Å². The Morgan fingerprint density at radius 1 is 1.00 bits per heavy atom. The molecule has 2 aliphatic rings. The van der Waals surface area contributed by atoms with Crippen LogP contribution in [0.5, 0.6) is 0 Å². The standard InChI is InChI=1S/C19H29N3O/c1-17-7-5-6-10-22(17)19(23)16-21-13-11-20(12-14-21)15-18-8-3-2-4-9-18/h2-4,8-9,17H,5-7,10-16H2,1H3. The molecule has 3 rings (SSSR count). The molecule has 1 unspecified atom stereocenters. The quantitative estimate of drug-likeness (QED) is 0.852. The van der Waals surface area contributed by atoms with Gasteiger partial charge in [-0.2, -0.15) is 0 Å². The van der Waals surface area contributed by atoms with E-state index in [0.717, 1.165) is 45.7 Å². The van der Waals surface area contributed by atoms with Crippen LogP contribution in [-0.2, 0) is 11.3 Å². The predicted octanol–water partition coefficient (Wildman–Crippen LogP) is 2.21. The Bertz CT molecular complexity index is 497. The summed E-state index contributed by atoms with van der Waals surface area (Å²) < 4.78 is 0. The molecule has 2 aliphatic heterocycles. The van der Waals surface area contributed by atoms with Gasteiger partial charge in [-0.05, 0) is 31.7 Å². The van der Waals surface area contributed by atoms with Gasteiger partial charge >= 0.3 is 0 Å². The van der Waals surface area contributed by atoms with Crippen LogP contribution >= 0.6 is 0 Å². The number of hydrogen-bond acceptors (Lipinski definition) is 3. The number of likely N-dealkylation sites (tertiary alicyclic amines) is 1. The molecule has 1 amide bonds. The first-order valence-electron chi connectivity index (χ1n) is 9.00. The molecule has 0 N–H and O–H groups in total. The van der Waals surface area contributed by atoms with Gasteiger partial charge in [0.15, 0.2) is 0 Å². The molecule has 4 nitrogen and oxygen atoms in total. The molecule has 23 heavy (non-hydrogen) atoms. The van der Waals surface area contributed by atoms with Gasteiger partial charge in [-0.1, -0.05) is 30.3 Å². The molecule has 126 valence electrons. The van der Waals surface area contributed by atoms with Crippen molar-refractivity contribution in [2.75, 3.05) is 39.3 Å². The Hall–Kier alpha value is -1.39. The second-order valence-corrected chi connectivity index (χ2v) is 6.97. The van der Waals surface area contributed by atoms with E-state index < -0.39 is 0 Å². The highest BCUT2D eigenvalue weighted by molar-refractivity contribution is 5.78. The number of piperazine rings is 1. The smallest absolute Gasteiger partial charge is 0.236 e. The molecule has 1 aromatic carbocycles. The van der Waals surface area contributed by atoms with Crippen LogP contribution in [0.4, 0.5) is 0 Å². The molecule has 4 heteroatoms. The molecule has 0 bridgehead atoms. The summed E-state index contributed by atoms with van der Waals surface area (Å²) in [5.74, 6) is 0.328. The van der Waals surface area contributed by atoms with Crippen LogP contribution in [0.25, 0.3) is 0 Å². The summed E-state index contributed by atoms with van der Waals surface area (Å²) >= 11 is 0. The molecular formula is C19H29N3O. The largest absolute Gasteiger partial charge is 0.339 e. The first kappa shape index (κ1) is 16.5. The summed E-state index contributed by atoms with van der Waals surface area (Å²) in [6.07, 6.45) is 3.60. The summed E-state index contributed by atoms with van der Waals surface area (Å²) in [5, 5.41) is 0. The fourth-order valence-electron chi connectivity index (χ4n) is 3.70. The summed E-state index contributed by atoms with van der Waals surface area (Å²) in [6.45, 7) is 8.87. The third-order valence-electron chi connectivity index (χ3n) is 5.20. The maximum Gasteiger partial charge on any atom is 0.236 e. The lowest BCUT2D eigenvalue weighted by atomic mass is 10.0. The van der Waals surface area contributed by atoms with E-state index in [4.69, 9.17) is 0 Å². The first-order valence-corrected chi connectivity index (χ1v) is 9.00. The summed E-state index contributed by atoms with van der Waals surface area (Å²) in [5.41, 5.74) is 1.37. The zero-order valence-electron chi connectivity index (χ0n) is 14.3. The van der Waals surface area contributed by atoms with E-state index in [1.54, 1.807) is 0 Å². The van der Waals surface area contributed by atoms with Crippen molar-refractivity contribution < 1.29 is 4.79 Å². The molecule has 1 aromatic rings. The molecule has 0 radical (unpaired) electrons. The van der Waals surface area contributed by atoms with Crippen molar-refractivity contribution >= 4 is 5.91 Å². The molecule has 0 spiro atoms. The highest BCUT2D eigenvalue weighted by Crippen LogP contribution is 2.17. The molecule has 2 saturated heterocycles. The van der Waals surface area contributed by atoms with Crippen LogP contribution in [0, 0.1) is 0 Å². The van der Waals surface area contributed by atoms with Crippen LogP contribution in [0.3, 0.4) is 0 Å². The Morgan fingerprint density at radius 3 is 2.39 bits per heavy atom. The van der Waals surface area contributed by atoms with Gasteiger partial charge in [0.05, 0.1) is 6.54 Å². The molecule has 2 fully saturated rings. The van der Waals surface area contributed by atoms with Crippen molar-refractivity contribution in [3.63, 3.8) is 0 Å².